The molecule has 0 aromatic heterocycles. The molecule has 1 amide bonds. The van der Waals surface area contributed by atoms with Crippen LogP contribution in [0.15, 0.2) is 72.8 Å². The van der Waals surface area contributed by atoms with Gasteiger partial charge in [0.2, 0.25) is 5.91 Å². The summed E-state index contributed by atoms with van der Waals surface area (Å²) < 4.78 is 18.5. The molecule has 0 saturated heterocycles. The van der Waals surface area contributed by atoms with Gasteiger partial charge in [-0.2, -0.15) is 0 Å². The summed E-state index contributed by atoms with van der Waals surface area (Å²) in [7, 11) is 0. The van der Waals surface area contributed by atoms with Gasteiger partial charge in [0.1, 0.15) is 11.6 Å². The average Bonchev–Trinajstić information content (AvgIpc) is 2.77. The molecule has 152 valence electrons. The van der Waals surface area contributed by atoms with Crippen LogP contribution in [0.1, 0.15) is 38.8 Å². The van der Waals surface area contributed by atoms with Gasteiger partial charge in [-0.15, -0.1) is 0 Å². The van der Waals surface area contributed by atoms with Gasteiger partial charge in [0.15, 0.2) is 18.2 Å². The highest BCUT2D eigenvalue weighted by Gasteiger charge is 2.11. The Hall–Kier alpha value is -3.80. The van der Waals surface area contributed by atoms with Crippen molar-refractivity contribution >= 4 is 17.5 Å². The maximum Gasteiger partial charge on any atom is 0.217 e. The summed E-state index contributed by atoms with van der Waals surface area (Å²) in [4.78, 5) is 35.6. The van der Waals surface area contributed by atoms with Gasteiger partial charge in [-0.3, -0.25) is 14.4 Å². The maximum atomic E-state index is 13.0. The third kappa shape index (κ3) is 5.61. The highest BCUT2D eigenvalue weighted by Crippen LogP contribution is 2.16. The molecule has 0 radical (unpaired) electrons. The number of ketones is 2. The van der Waals surface area contributed by atoms with Gasteiger partial charge < -0.3 is 10.1 Å². The van der Waals surface area contributed by atoms with E-state index in [0.29, 0.717) is 29.0 Å². The Kier molecular flexibility index (Phi) is 6.70. The van der Waals surface area contributed by atoms with Gasteiger partial charge in [0.25, 0.3) is 0 Å². The average molecular weight is 405 g/mol. The SMILES string of the molecule is CC(=O)NCc1ccc(C(=O)COc2ccc(C(=O)c3ccc(F)cc3)cc2)cc1. The molecule has 0 saturated carbocycles. The van der Waals surface area contributed by atoms with Crippen molar-refractivity contribution in [1.82, 2.24) is 5.32 Å². The fourth-order valence-corrected chi connectivity index (χ4v) is 2.74. The first-order valence-electron chi connectivity index (χ1n) is 9.32. The highest BCUT2D eigenvalue weighted by atomic mass is 19.1. The van der Waals surface area contributed by atoms with Crippen LogP contribution in [-0.4, -0.2) is 24.1 Å². The first-order chi connectivity index (χ1) is 14.4. The van der Waals surface area contributed by atoms with Crippen LogP contribution in [0.25, 0.3) is 0 Å². The molecule has 30 heavy (non-hydrogen) atoms. The lowest BCUT2D eigenvalue weighted by Crippen LogP contribution is -2.19. The van der Waals surface area contributed by atoms with E-state index in [4.69, 9.17) is 4.74 Å². The van der Waals surface area contributed by atoms with E-state index >= 15 is 0 Å². The summed E-state index contributed by atoms with van der Waals surface area (Å²) in [5.41, 5.74) is 2.23. The van der Waals surface area contributed by atoms with E-state index in [-0.39, 0.29) is 24.1 Å². The predicted molar refractivity (Wildman–Crippen MR) is 110 cm³/mol. The summed E-state index contributed by atoms with van der Waals surface area (Å²) in [5, 5.41) is 2.69. The van der Waals surface area contributed by atoms with Crippen molar-refractivity contribution in [2.45, 2.75) is 13.5 Å². The van der Waals surface area contributed by atoms with E-state index in [9.17, 15) is 18.8 Å². The molecule has 0 aliphatic heterocycles. The second-order valence-corrected chi connectivity index (χ2v) is 6.68. The van der Waals surface area contributed by atoms with Crippen LogP contribution in [0.2, 0.25) is 0 Å². The van der Waals surface area contributed by atoms with Crippen molar-refractivity contribution in [3.05, 3.63) is 101 Å². The molecule has 3 aromatic rings. The number of carbonyl (C=O) groups excluding carboxylic acids is 3. The zero-order valence-corrected chi connectivity index (χ0v) is 16.4. The quantitative estimate of drug-likeness (QED) is 0.576. The van der Waals surface area contributed by atoms with Crippen molar-refractivity contribution < 1.29 is 23.5 Å². The number of rotatable bonds is 8. The number of halogens is 1. The molecule has 1 N–H and O–H groups in total. The third-order valence-corrected chi connectivity index (χ3v) is 4.41. The number of carbonyl (C=O) groups is 3. The zero-order chi connectivity index (χ0) is 21.5. The highest BCUT2D eigenvalue weighted by molar-refractivity contribution is 6.09. The lowest BCUT2D eigenvalue weighted by molar-refractivity contribution is -0.119. The van der Waals surface area contributed by atoms with Gasteiger partial charge in [0, 0.05) is 30.2 Å². The van der Waals surface area contributed by atoms with Crippen molar-refractivity contribution in [3.8, 4) is 5.75 Å². The molecule has 0 fully saturated rings. The van der Waals surface area contributed by atoms with E-state index in [2.05, 4.69) is 5.32 Å². The summed E-state index contributed by atoms with van der Waals surface area (Å²) in [5.74, 6) is -0.470. The molecule has 0 heterocycles. The Morgan fingerprint density at radius 2 is 1.33 bits per heavy atom. The Morgan fingerprint density at radius 3 is 1.90 bits per heavy atom. The van der Waals surface area contributed by atoms with E-state index in [1.54, 1.807) is 48.5 Å². The Labute approximate surface area is 173 Å². The van der Waals surface area contributed by atoms with Crippen molar-refractivity contribution in [3.63, 3.8) is 0 Å². The monoisotopic (exact) mass is 405 g/mol. The summed E-state index contributed by atoms with van der Waals surface area (Å²) in [6.07, 6.45) is 0. The standard InChI is InChI=1S/C24H20FNO4/c1-16(27)26-14-17-2-4-18(5-3-17)23(28)15-30-22-12-8-20(9-13-22)24(29)19-6-10-21(25)11-7-19/h2-13H,14-15H2,1H3,(H,26,27). The number of amides is 1. The number of hydrogen-bond acceptors (Lipinski definition) is 4. The van der Waals surface area contributed by atoms with Crippen molar-refractivity contribution in [2.75, 3.05) is 6.61 Å². The van der Waals surface area contributed by atoms with E-state index in [1.807, 2.05) is 0 Å². The Morgan fingerprint density at radius 1 is 0.800 bits per heavy atom. The minimum Gasteiger partial charge on any atom is -0.485 e. The summed E-state index contributed by atoms with van der Waals surface area (Å²) in [6, 6.07) is 18.7. The fraction of sp³-hybridized carbons (Fsp3) is 0.125. The topological polar surface area (TPSA) is 72.5 Å². The molecule has 3 aromatic carbocycles. The van der Waals surface area contributed by atoms with Crippen LogP contribution < -0.4 is 10.1 Å². The molecule has 0 aliphatic carbocycles. The van der Waals surface area contributed by atoms with E-state index < -0.39 is 5.82 Å². The van der Waals surface area contributed by atoms with Crippen LogP contribution >= 0.6 is 0 Å². The molecular formula is C24H20FNO4. The smallest absolute Gasteiger partial charge is 0.217 e. The molecule has 3 rings (SSSR count). The second kappa shape index (κ2) is 9.60. The van der Waals surface area contributed by atoms with Gasteiger partial charge in [0.05, 0.1) is 0 Å². The van der Waals surface area contributed by atoms with Crippen LogP contribution in [-0.2, 0) is 11.3 Å². The van der Waals surface area contributed by atoms with Crippen LogP contribution in [0, 0.1) is 5.82 Å². The van der Waals surface area contributed by atoms with Gasteiger partial charge in [-0.1, -0.05) is 24.3 Å². The molecule has 6 heteroatoms. The molecule has 5 nitrogen and oxygen atoms in total. The maximum absolute atomic E-state index is 13.0. The van der Waals surface area contributed by atoms with E-state index in [0.717, 1.165) is 5.56 Å². The predicted octanol–water partition coefficient (Wildman–Crippen LogP) is 3.95. The first-order valence-corrected chi connectivity index (χ1v) is 9.32. The van der Waals surface area contributed by atoms with Crippen LogP contribution in [0.3, 0.4) is 0 Å². The van der Waals surface area contributed by atoms with Gasteiger partial charge in [-0.25, -0.2) is 4.39 Å². The largest absolute Gasteiger partial charge is 0.485 e. The Bertz CT molecular complexity index is 1040. The number of hydrogen-bond donors (Lipinski definition) is 1. The van der Waals surface area contributed by atoms with E-state index in [1.165, 1.54) is 31.2 Å². The van der Waals surface area contributed by atoms with Crippen LogP contribution in [0.4, 0.5) is 4.39 Å². The lowest BCUT2D eigenvalue weighted by atomic mass is 10.0. The molecular weight excluding hydrogens is 385 g/mol. The number of nitrogens with one attached hydrogen (secondary N) is 1. The number of Topliss-reactive ketones (excluding diaryl/α,β-unsaturated/α-hetero) is 1. The second-order valence-electron chi connectivity index (χ2n) is 6.68. The molecule has 0 aliphatic rings. The summed E-state index contributed by atoms with van der Waals surface area (Å²) >= 11 is 0. The van der Waals surface area contributed by atoms with Crippen molar-refractivity contribution in [2.24, 2.45) is 0 Å². The van der Waals surface area contributed by atoms with Crippen LogP contribution in [0.5, 0.6) is 5.75 Å². The van der Waals surface area contributed by atoms with Gasteiger partial charge in [-0.05, 0) is 54.1 Å². The van der Waals surface area contributed by atoms with Crippen molar-refractivity contribution in [1.29, 1.82) is 0 Å². The Balaban J connectivity index is 1.55. The first kappa shape index (κ1) is 20.9. The molecule has 0 unspecified atom stereocenters. The third-order valence-electron chi connectivity index (χ3n) is 4.41. The minimum atomic E-state index is -0.401. The zero-order valence-electron chi connectivity index (χ0n) is 16.4. The molecule has 0 atom stereocenters. The number of ether oxygens (including phenoxy) is 1. The summed E-state index contributed by atoms with van der Waals surface area (Å²) in [6.45, 7) is 1.71. The lowest BCUT2D eigenvalue weighted by Gasteiger charge is -2.08. The molecule has 0 bridgehead atoms. The normalized spacial score (nSPS) is 10.3. The fourth-order valence-electron chi connectivity index (χ4n) is 2.74. The number of benzene rings is 3. The minimum absolute atomic E-state index is 0.117. The molecule has 0 spiro atoms. The van der Waals surface area contributed by atoms with Gasteiger partial charge >= 0.3 is 0 Å².